The first-order chi connectivity index (χ1) is 7.63. The highest BCUT2D eigenvalue weighted by atomic mass is 16.5. The summed E-state index contributed by atoms with van der Waals surface area (Å²) >= 11 is 0. The summed E-state index contributed by atoms with van der Waals surface area (Å²) in [5.74, 6) is 0.758. The molecule has 1 saturated heterocycles. The number of aliphatic hydroxyl groups is 1. The zero-order valence-corrected chi connectivity index (χ0v) is 9.88. The van der Waals surface area contributed by atoms with Crippen molar-refractivity contribution in [2.24, 2.45) is 13.0 Å². The predicted molar refractivity (Wildman–Crippen MR) is 58.2 cm³/mol. The van der Waals surface area contributed by atoms with Crippen LogP contribution in [-0.2, 0) is 11.8 Å². The van der Waals surface area contributed by atoms with Crippen LogP contribution >= 0.6 is 0 Å². The van der Waals surface area contributed by atoms with Gasteiger partial charge in [0, 0.05) is 13.0 Å². The fourth-order valence-electron chi connectivity index (χ4n) is 2.21. The van der Waals surface area contributed by atoms with E-state index in [1.807, 2.05) is 6.92 Å². The summed E-state index contributed by atoms with van der Waals surface area (Å²) in [4.78, 5) is 0. The summed E-state index contributed by atoms with van der Waals surface area (Å²) in [6, 6.07) is 0. The molecule has 5 heteroatoms. The second-order valence-corrected chi connectivity index (χ2v) is 4.31. The summed E-state index contributed by atoms with van der Waals surface area (Å²) < 4.78 is 12.3. The minimum absolute atomic E-state index is 0.124. The first-order valence-corrected chi connectivity index (χ1v) is 5.49. The SMILES string of the molecule is COc1cnn(C)c1C(O)C1COC(C)C1. The van der Waals surface area contributed by atoms with Crippen molar-refractivity contribution in [3.05, 3.63) is 11.9 Å². The predicted octanol–water partition coefficient (Wildman–Crippen LogP) is 0.887. The zero-order valence-electron chi connectivity index (χ0n) is 9.88. The molecule has 0 aliphatic carbocycles. The Kier molecular flexibility index (Phi) is 3.16. The second-order valence-electron chi connectivity index (χ2n) is 4.31. The van der Waals surface area contributed by atoms with Crippen LogP contribution in [0, 0.1) is 5.92 Å². The van der Waals surface area contributed by atoms with Crippen molar-refractivity contribution in [1.82, 2.24) is 9.78 Å². The van der Waals surface area contributed by atoms with E-state index < -0.39 is 6.10 Å². The summed E-state index contributed by atoms with van der Waals surface area (Å²) in [5.41, 5.74) is 0.727. The van der Waals surface area contributed by atoms with Crippen molar-refractivity contribution in [2.45, 2.75) is 25.6 Å². The summed E-state index contributed by atoms with van der Waals surface area (Å²) in [6.45, 7) is 2.61. The summed E-state index contributed by atoms with van der Waals surface area (Å²) in [5, 5.41) is 14.4. The third-order valence-electron chi connectivity index (χ3n) is 3.13. The van der Waals surface area contributed by atoms with Crippen LogP contribution in [0.4, 0.5) is 0 Å². The highest BCUT2D eigenvalue weighted by Crippen LogP contribution is 2.35. The maximum absolute atomic E-state index is 10.3. The molecule has 0 bridgehead atoms. The van der Waals surface area contributed by atoms with E-state index in [0.717, 1.165) is 12.1 Å². The topological polar surface area (TPSA) is 56.5 Å². The van der Waals surface area contributed by atoms with Crippen molar-refractivity contribution in [3.63, 3.8) is 0 Å². The number of aromatic nitrogens is 2. The van der Waals surface area contributed by atoms with Gasteiger partial charge >= 0.3 is 0 Å². The first-order valence-electron chi connectivity index (χ1n) is 5.49. The lowest BCUT2D eigenvalue weighted by molar-refractivity contribution is 0.0743. The molecule has 0 aromatic carbocycles. The lowest BCUT2D eigenvalue weighted by Crippen LogP contribution is -2.16. The van der Waals surface area contributed by atoms with Gasteiger partial charge in [-0.15, -0.1) is 0 Å². The van der Waals surface area contributed by atoms with Crippen LogP contribution in [-0.4, -0.2) is 34.7 Å². The number of hydrogen-bond acceptors (Lipinski definition) is 4. The van der Waals surface area contributed by atoms with Crippen molar-refractivity contribution < 1.29 is 14.6 Å². The van der Waals surface area contributed by atoms with Crippen LogP contribution in [0.1, 0.15) is 25.1 Å². The number of nitrogens with zero attached hydrogens (tertiary/aromatic N) is 2. The Morgan fingerprint density at radius 2 is 2.44 bits per heavy atom. The third kappa shape index (κ3) is 1.92. The van der Waals surface area contributed by atoms with E-state index in [-0.39, 0.29) is 12.0 Å². The van der Waals surface area contributed by atoms with Crippen molar-refractivity contribution >= 4 is 0 Å². The number of methoxy groups -OCH3 is 1. The fraction of sp³-hybridized carbons (Fsp3) is 0.727. The van der Waals surface area contributed by atoms with Gasteiger partial charge in [-0.25, -0.2) is 0 Å². The number of aliphatic hydroxyl groups excluding tert-OH is 1. The average molecular weight is 226 g/mol. The molecule has 0 saturated carbocycles. The maximum atomic E-state index is 10.3. The Morgan fingerprint density at radius 3 is 3.00 bits per heavy atom. The van der Waals surface area contributed by atoms with Crippen LogP contribution < -0.4 is 4.74 Å². The normalized spacial score (nSPS) is 27.0. The van der Waals surface area contributed by atoms with Crippen molar-refractivity contribution in [3.8, 4) is 5.75 Å². The van der Waals surface area contributed by atoms with Gasteiger partial charge in [-0.2, -0.15) is 5.10 Å². The lowest BCUT2D eigenvalue weighted by atomic mass is 9.97. The second kappa shape index (κ2) is 4.43. The Hall–Kier alpha value is -1.07. The lowest BCUT2D eigenvalue weighted by Gasteiger charge is -2.17. The highest BCUT2D eigenvalue weighted by molar-refractivity contribution is 5.27. The molecule has 90 valence electrons. The van der Waals surface area contributed by atoms with E-state index in [1.54, 1.807) is 25.0 Å². The van der Waals surface area contributed by atoms with E-state index >= 15 is 0 Å². The quantitative estimate of drug-likeness (QED) is 0.831. The molecule has 2 rings (SSSR count). The van der Waals surface area contributed by atoms with Gasteiger partial charge < -0.3 is 14.6 Å². The Labute approximate surface area is 95.0 Å². The van der Waals surface area contributed by atoms with E-state index in [4.69, 9.17) is 9.47 Å². The molecule has 3 unspecified atom stereocenters. The largest absolute Gasteiger partial charge is 0.493 e. The number of ether oxygens (including phenoxy) is 2. The molecule has 1 aliphatic rings. The van der Waals surface area contributed by atoms with Crippen LogP contribution in [0.15, 0.2) is 6.20 Å². The Bertz CT molecular complexity index is 364. The molecule has 1 aromatic heterocycles. The van der Waals surface area contributed by atoms with E-state index in [0.29, 0.717) is 12.4 Å². The molecule has 1 aromatic rings. The maximum Gasteiger partial charge on any atom is 0.162 e. The van der Waals surface area contributed by atoms with Crippen LogP contribution in [0.5, 0.6) is 5.75 Å². The van der Waals surface area contributed by atoms with E-state index in [1.165, 1.54) is 0 Å². The van der Waals surface area contributed by atoms with Gasteiger partial charge in [0.15, 0.2) is 5.75 Å². The molecular formula is C11H18N2O3. The van der Waals surface area contributed by atoms with Crippen LogP contribution in [0.2, 0.25) is 0 Å². The summed E-state index contributed by atoms with van der Waals surface area (Å²) in [6.07, 6.45) is 2.14. The minimum atomic E-state index is -0.576. The molecule has 0 spiro atoms. The highest BCUT2D eigenvalue weighted by Gasteiger charge is 2.32. The van der Waals surface area contributed by atoms with Gasteiger partial charge in [0.25, 0.3) is 0 Å². The van der Waals surface area contributed by atoms with Gasteiger partial charge in [0.2, 0.25) is 0 Å². The Morgan fingerprint density at radius 1 is 1.69 bits per heavy atom. The van der Waals surface area contributed by atoms with E-state index in [9.17, 15) is 5.11 Å². The van der Waals surface area contributed by atoms with Gasteiger partial charge in [0.1, 0.15) is 11.8 Å². The fourth-order valence-corrected chi connectivity index (χ4v) is 2.21. The van der Waals surface area contributed by atoms with Gasteiger partial charge in [-0.3, -0.25) is 4.68 Å². The molecular weight excluding hydrogens is 208 g/mol. The molecule has 1 N–H and O–H groups in total. The molecule has 0 radical (unpaired) electrons. The zero-order chi connectivity index (χ0) is 11.7. The standard InChI is InChI=1S/C11H18N2O3/c1-7-4-8(6-16-7)11(14)10-9(15-3)5-12-13(10)2/h5,7-8,11,14H,4,6H2,1-3H3. The van der Waals surface area contributed by atoms with Gasteiger partial charge in [0.05, 0.1) is 26.0 Å². The van der Waals surface area contributed by atoms with Gasteiger partial charge in [-0.1, -0.05) is 0 Å². The summed E-state index contributed by atoms with van der Waals surface area (Å²) in [7, 11) is 3.39. The molecule has 2 heterocycles. The number of aryl methyl sites for hydroxylation is 1. The number of rotatable bonds is 3. The Balaban J connectivity index is 2.19. The minimum Gasteiger partial charge on any atom is -0.493 e. The molecule has 0 amide bonds. The number of hydrogen-bond donors (Lipinski definition) is 1. The van der Waals surface area contributed by atoms with Crippen LogP contribution in [0.25, 0.3) is 0 Å². The van der Waals surface area contributed by atoms with Crippen LogP contribution in [0.3, 0.4) is 0 Å². The van der Waals surface area contributed by atoms with Gasteiger partial charge in [-0.05, 0) is 13.3 Å². The third-order valence-corrected chi connectivity index (χ3v) is 3.13. The first kappa shape index (κ1) is 11.4. The monoisotopic (exact) mass is 226 g/mol. The van der Waals surface area contributed by atoms with E-state index in [2.05, 4.69) is 5.10 Å². The van der Waals surface area contributed by atoms with Crippen molar-refractivity contribution in [1.29, 1.82) is 0 Å². The molecule has 1 fully saturated rings. The molecule has 16 heavy (non-hydrogen) atoms. The molecule has 1 aliphatic heterocycles. The molecule has 3 atom stereocenters. The van der Waals surface area contributed by atoms with Crippen molar-refractivity contribution in [2.75, 3.05) is 13.7 Å². The molecule has 5 nitrogen and oxygen atoms in total. The smallest absolute Gasteiger partial charge is 0.162 e. The average Bonchev–Trinajstić information content (AvgIpc) is 2.83.